The van der Waals surface area contributed by atoms with Gasteiger partial charge in [0.05, 0.1) is 31.8 Å². The van der Waals surface area contributed by atoms with Gasteiger partial charge in [0.25, 0.3) is 0 Å². The number of esters is 1. The zero-order valence-corrected chi connectivity index (χ0v) is 29.7. The van der Waals surface area contributed by atoms with Gasteiger partial charge in [-0.2, -0.15) is 0 Å². The molecule has 1 saturated heterocycles. The number of fused-ring (bicyclic) bond motifs is 1. The number of nitrogens with zero attached hydrogens (tertiary/aromatic N) is 3. The Kier molecular flexibility index (Phi) is 11.8. The number of ether oxygens (including phenoxy) is 5. The molecule has 1 aromatic carbocycles. The number of alkyl carbamates (subject to hydrolysis) is 1. The summed E-state index contributed by atoms with van der Waals surface area (Å²) >= 11 is 0. The number of aliphatic carboxylic acids is 1. The molecule has 1 aromatic heterocycles. The number of likely N-dealkylation sites (tertiary alicyclic amines) is 1. The first-order valence-corrected chi connectivity index (χ1v) is 16.8. The number of hydrogen-bond acceptors (Lipinski definition) is 11. The first-order valence-electron chi connectivity index (χ1n) is 16.8. The van der Waals surface area contributed by atoms with Gasteiger partial charge in [0.2, 0.25) is 5.88 Å². The van der Waals surface area contributed by atoms with Gasteiger partial charge in [0, 0.05) is 12.5 Å². The number of aryl methyl sites for hydroxylation is 1. The standard InChI is InChI=1S/C35H50N4O10/c1-34(2,3)28(30(40)41)38-32(43)48-27-16-20(27)12-10-9-11-13-24-29(37-25-17-21(45-7)14-15-23(25)36-24)47-22-18-26(31(42)46-8)39(19-22)33(44)49-35(4,5)6/h14-15,17,20,22,26-28H,9-13,16,18-19H2,1-8H3,(H,38,43)(H,40,41). The molecule has 2 heterocycles. The fourth-order valence-electron chi connectivity index (χ4n) is 5.84. The number of rotatable bonds is 13. The molecule has 14 nitrogen and oxygen atoms in total. The molecule has 5 atom stereocenters. The van der Waals surface area contributed by atoms with Crippen LogP contribution in [0.3, 0.4) is 0 Å². The number of nitrogens with one attached hydrogen (secondary N) is 1. The van der Waals surface area contributed by atoms with E-state index in [4.69, 9.17) is 33.7 Å². The second kappa shape index (κ2) is 15.5. The zero-order chi connectivity index (χ0) is 36.1. The summed E-state index contributed by atoms with van der Waals surface area (Å²) in [6.07, 6.45) is 2.95. The lowest BCUT2D eigenvalue weighted by molar-refractivity contribution is -0.145. The first kappa shape index (κ1) is 37.5. The third-order valence-corrected chi connectivity index (χ3v) is 8.53. The Bertz CT molecular complexity index is 1520. The van der Waals surface area contributed by atoms with Crippen LogP contribution in [0.15, 0.2) is 18.2 Å². The van der Waals surface area contributed by atoms with Crippen molar-refractivity contribution in [3.8, 4) is 11.6 Å². The highest BCUT2D eigenvalue weighted by molar-refractivity contribution is 5.82. The van der Waals surface area contributed by atoms with Crippen molar-refractivity contribution in [2.24, 2.45) is 11.3 Å². The number of carboxylic acids is 1. The summed E-state index contributed by atoms with van der Waals surface area (Å²) in [5.41, 5.74) is 0.547. The van der Waals surface area contributed by atoms with Crippen molar-refractivity contribution < 1.29 is 48.0 Å². The van der Waals surface area contributed by atoms with Gasteiger partial charge in [-0.15, -0.1) is 0 Å². The van der Waals surface area contributed by atoms with Crippen LogP contribution in [0.2, 0.25) is 0 Å². The van der Waals surface area contributed by atoms with Crippen LogP contribution in [-0.4, -0.2) is 94.8 Å². The maximum absolute atomic E-state index is 13.0. The molecule has 270 valence electrons. The van der Waals surface area contributed by atoms with Crippen molar-refractivity contribution in [1.82, 2.24) is 20.2 Å². The van der Waals surface area contributed by atoms with Crippen molar-refractivity contribution in [2.75, 3.05) is 20.8 Å². The third kappa shape index (κ3) is 10.3. The van der Waals surface area contributed by atoms with Crippen LogP contribution in [0, 0.1) is 11.3 Å². The van der Waals surface area contributed by atoms with E-state index in [0.717, 1.165) is 32.1 Å². The second-order valence-corrected chi connectivity index (χ2v) is 14.8. The van der Waals surface area contributed by atoms with Gasteiger partial charge in [-0.1, -0.05) is 33.6 Å². The molecule has 1 aliphatic heterocycles. The highest BCUT2D eigenvalue weighted by Gasteiger charge is 2.44. The molecule has 14 heteroatoms. The first-order chi connectivity index (χ1) is 23.0. The average Bonchev–Trinajstić information content (AvgIpc) is 3.60. The van der Waals surface area contributed by atoms with Gasteiger partial charge in [-0.05, 0) is 69.9 Å². The van der Waals surface area contributed by atoms with Crippen molar-refractivity contribution in [1.29, 1.82) is 0 Å². The third-order valence-electron chi connectivity index (χ3n) is 8.53. The molecule has 4 rings (SSSR count). The van der Waals surface area contributed by atoms with E-state index in [2.05, 4.69) is 5.32 Å². The summed E-state index contributed by atoms with van der Waals surface area (Å²) in [4.78, 5) is 60.4. The predicted molar refractivity (Wildman–Crippen MR) is 178 cm³/mol. The average molecular weight is 687 g/mol. The number of aromatic nitrogens is 2. The number of methoxy groups -OCH3 is 2. The molecule has 2 amide bonds. The number of hydrogen-bond donors (Lipinski definition) is 2. The van der Waals surface area contributed by atoms with Crippen LogP contribution < -0.4 is 14.8 Å². The maximum Gasteiger partial charge on any atom is 0.411 e. The Balaban J connectivity index is 1.36. The van der Waals surface area contributed by atoms with Gasteiger partial charge >= 0.3 is 24.1 Å². The summed E-state index contributed by atoms with van der Waals surface area (Å²) < 4.78 is 27.7. The lowest BCUT2D eigenvalue weighted by atomic mass is 9.87. The molecule has 1 saturated carbocycles. The second-order valence-electron chi connectivity index (χ2n) is 14.8. The van der Waals surface area contributed by atoms with E-state index in [1.165, 1.54) is 12.0 Å². The molecule has 0 bridgehead atoms. The van der Waals surface area contributed by atoms with Gasteiger partial charge in [-0.25, -0.2) is 29.1 Å². The molecular formula is C35H50N4O10. The molecule has 49 heavy (non-hydrogen) atoms. The van der Waals surface area contributed by atoms with Gasteiger partial charge in [0.15, 0.2) is 0 Å². The van der Waals surface area contributed by atoms with Crippen LogP contribution in [0.4, 0.5) is 9.59 Å². The maximum atomic E-state index is 13.0. The monoisotopic (exact) mass is 686 g/mol. The highest BCUT2D eigenvalue weighted by Crippen LogP contribution is 2.38. The van der Waals surface area contributed by atoms with E-state index in [-0.39, 0.29) is 25.0 Å². The van der Waals surface area contributed by atoms with E-state index < -0.39 is 53.3 Å². The Hall–Kier alpha value is -4.36. The molecule has 0 radical (unpaired) electrons. The molecular weight excluding hydrogens is 636 g/mol. The molecule has 2 aromatic rings. The quantitative estimate of drug-likeness (QED) is 0.159. The van der Waals surface area contributed by atoms with Crippen molar-refractivity contribution >= 4 is 35.2 Å². The smallest absolute Gasteiger partial charge is 0.411 e. The summed E-state index contributed by atoms with van der Waals surface area (Å²) in [6.45, 7) is 10.6. The highest BCUT2D eigenvalue weighted by atomic mass is 16.6. The van der Waals surface area contributed by atoms with Crippen LogP contribution in [0.25, 0.3) is 11.0 Å². The number of unbranched alkanes of at least 4 members (excludes halogenated alkanes) is 2. The lowest BCUT2D eigenvalue weighted by Crippen LogP contribution is -2.49. The van der Waals surface area contributed by atoms with Gasteiger partial charge in [0.1, 0.15) is 41.3 Å². The van der Waals surface area contributed by atoms with E-state index in [1.54, 1.807) is 54.7 Å². The van der Waals surface area contributed by atoms with Crippen LogP contribution >= 0.6 is 0 Å². The molecule has 0 spiro atoms. The minimum absolute atomic E-state index is 0.113. The fraction of sp³-hybridized carbons (Fsp3) is 0.657. The van der Waals surface area contributed by atoms with Crippen LogP contribution in [0.1, 0.15) is 85.8 Å². The van der Waals surface area contributed by atoms with Gasteiger partial charge in [-0.3, -0.25) is 4.90 Å². The Morgan fingerprint density at radius 3 is 2.37 bits per heavy atom. The number of carboxylic acid groups (broad SMARTS) is 1. The Morgan fingerprint density at radius 2 is 1.73 bits per heavy atom. The molecule has 2 N–H and O–H groups in total. The predicted octanol–water partition coefficient (Wildman–Crippen LogP) is 5.29. The summed E-state index contributed by atoms with van der Waals surface area (Å²) in [5.74, 6) is -0.450. The number of amides is 2. The van der Waals surface area contributed by atoms with Crippen molar-refractivity contribution in [2.45, 2.75) is 116 Å². The normalized spacial score (nSPS) is 21.1. The molecule has 2 fully saturated rings. The number of carbonyl (C=O) groups excluding carboxylic acids is 3. The number of benzene rings is 1. The van der Waals surface area contributed by atoms with E-state index in [1.807, 2.05) is 12.1 Å². The molecule has 5 unspecified atom stereocenters. The Morgan fingerprint density at radius 1 is 1.00 bits per heavy atom. The van der Waals surface area contributed by atoms with Crippen LogP contribution in [-0.2, 0) is 30.2 Å². The topological polar surface area (TPSA) is 176 Å². The van der Waals surface area contributed by atoms with E-state index in [0.29, 0.717) is 34.8 Å². The van der Waals surface area contributed by atoms with Crippen LogP contribution in [0.5, 0.6) is 11.6 Å². The summed E-state index contributed by atoms with van der Waals surface area (Å²) in [6, 6.07) is 3.53. The molecule has 1 aliphatic carbocycles. The summed E-state index contributed by atoms with van der Waals surface area (Å²) in [5, 5.41) is 11.9. The fourth-order valence-corrected chi connectivity index (χ4v) is 5.84. The SMILES string of the molecule is COC(=O)C1CC(Oc2nc3cc(OC)ccc3nc2CCCCCC2CC2OC(=O)NC(C(=O)O)C(C)(C)C)CN1C(=O)OC(C)(C)C. The largest absolute Gasteiger partial charge is 0.497 e. The minimum atomic E-state index is -1.10. The molecule has 2 aliphatic rings. The van der Waals surface area contributed by atoms with Crippen molar-refractivity contribution in [3.05, 3.63) is 23.9 Å². The number of carbonyl (C=O) groups is 4. The van der Waals surface area contributed by atoms with Crippen molar-refractivity contribution in [3.63, 3.8) is 0 Å². The zero-order valence-electron chi connectivity index (χ0n) is 29.7. The van der Waals surface area contributed by atoms with E-state index >= 15 is 0 Å². The lowest BCUT2D eigenvalue weighted by Gasteiger charge is -2.27. The van der Waals surface area contributed by atoms with E-state index in [9.17, 15) is 24.3 Å². The minimum Gasteiger partial charge on any atom is -0.497 e. The Labute approximate surface area is 287 Å². The summed E-state index contributed by atoms with van der Waals surface area (Å²) in [7, 11) is 2.85. The van der Waals surface area contributed by atoms with Gasteiger partial charge < -0.3 is 34.1 Å².